The maximum absolute atomic E-state index is 12.9. The van der Waals surface area contributed by atoms with Gasteiger partial charge in [0, 0.05) is 12.6 Å². The summed E-state index contributed by atoms with van der Waals surface area (Å²) in [6, 6.07) is 16.8. The molecule has 3 rings (SSSR count). The van der Waals surface area contributed by atoms with Gasteiger partial charge in [-0.25, -0.2) is 4.98 Å². The van der Waals surface area contributed by atoms with Crippen LogP contribution in [0.1, 0.15) is 35.5 Å². The molecule has 0 bridgehead atoms. The summed E-state index contributed by atoms with van der Waals surface area (Å²) in [5, 5.41) is 8.89. The van der Waals surface area contributed by atoms with Gasteiger partial charge in [-0.15, -0.1) is 0 Å². The molecule has 124 valence electrons. The van der Waals surface area contributed by atoms with Crippen molar-refractivity contribution in [3.63, 3.8) is 0 Å². The summed E-state index contributed by atoms with van der Waals surface area (Å²) in [5.74, 6) is -0.155. The number of aromatic nitrogens is 2. The molecule has 1 heterocycles. The van der Waals surface area contributed by atoms with Gasteiger partial charge in [0.2, 0.25) is 0 Å². The van der Waals surface area contributed by atoms with E-state index in [9.17, 15) is 4.79 Å². The lowest BCUT2D eigenvalue weighted by Gasteiger charge is -2.26. The average Bonchev–Trinajstić information content (AvgIpc) is 2.65. The predicted octanol–water partition coefficient (Wildman–Crippen LogP) is 3.55. The monoisotopic (exact) mass is 330 g/mol. The van der Waals surface area contributed by atoms with E-state index >= 15 is 0 Å². The molecule has 3 aromatic rings. The van der Waals surface area contributed by atoms with E-state index in [-0.39, 0.29) is 11.9 Å². The van der Waals surface area contributed by atoms with Gasteiger partial charge in [0.15, 0.2) is 0 Å². The number of fused-ring (bicyclic) bond motifs is 1. The number of hydrogen-bond acceptors (Lipinski definition) is 4. The van der Waals surface area contributed by atoms with Crippen LogP contribution >= 0.6 is 0 Å². The Morgan fingerprint density at radius 3 is 2.44 bits per heavy atom. The third-order valence-corrected chi connectivity index (χ3v) is 3.99. The Bertz CT molecular complexity index is 942. The van der Waals surface area contributed by atoms with Crippen molar-refractivity contribution in [2.75, 3.05) is 0 Å². The lowest BCUT2D eigenvalue weighted by molar-refractivity contribution is 0.0684. The van der Waals surface area contributed by atoms with Gasteiger partial charge in [0.1, 0.15) is 5.69 Å². The molecular weight excluding hydrogens is 312 g/mol. The first-order chi connectivity index (χ1) is 12.1. The van der Waals surface area contributed by atoms with Gasteiger partial charge in [0.05, 0.1) is 28.9 Å². The maximum atomic E-state index is 12.9. The van der Waals surface area contributed by atoms with Gasteiger partial charge in [-0.1, -0.05) is 24.3 Å². The van der Waals surface area contributed by atoms with E-state index in [2.05, 4.69) is 16.0 Å². The lowest BCUT2D eigenvalue weighted by Crippen LogP contribution is -2.37. The fraction of sp³-hybridized carbons (Fsp3) is 0.200. The highest BCUT2D eigenvalue weighted by molar-refractivity contribution is 5.94. The number of carbonyl (C=O) groups excluding carboxylic acids is 1. The molecule has 0 atom stereocenters. The number of para-hydroxylation sites is 2. The second-order valence-electron chi connectivity index (χ2n) is 6.08. The van der Waals surface area contributed by atoms with Crippen LogP contribution < -0.4 is 0 Å². The molecule has 25 heavy (non-hydrogen) atoms. The third-order valence-electron chi connectivity index (χ3n) is 3.99. The number of nitrogens with zero attached hydrogens (tertiary/aromatic N) is 4. The Balaban J connectivity index is 1.87. The molecule has 0 aliphatic rings. The summed E-state index contributed by atoms with van der Waals surface area (Å²) in [6.07, 6.45) is 1.53. The van der Waals surface area contributed by atoms with Gasteiger partial charge in [-0.3, -0.25) is 9.78 Å². The van der Waals surface area contributed by atoms with Crippen LogP contribution in [-0.2, 0) is 6.54 Å². The van der Waals surface area contributed by atoms with Crippen molar-refractivity contribution in [1.29, 1.82) is 5.26 Å². The van der Waals surface area contributed by atoms with Crippen molar-refractivity contribution >= 4 is 16.9 Å². The number of amides is 1. The summed E-state index contributed by atoms with van der Waals surface area (Å²) < 4.78 is 0. The van der Waals surface area contributed by atoms with Crippen LogP contribution in [0.15, 0.2) is 54.7 Å². The molecular formula is C20H18N4O. The zero-order valence-electron chi connectivity index (χ0n) is 14.2. The minimum atomic E-state index is -0.155. The first kappa shape index (κ1) is 16.6. The molecule has 0 radical (unpaired) electrons. The molecule has 0 fully saturated rings. The molecule has 0 N–H and O–H groups in total. The molecule has 0 spiro atoms. The van der Waals surface area contributed by atoms with Crippen LogP contribution in [0.5, 0.6) is 0 Å². The average molecular weight is 330 g/mol. The highest BCUT2D eigenvalue weighted by Gasteiger charge is 2.21. The molecule has 2 aromatic carbocycles. The Morgan fingerprint density at radius 2 is 1.80 bits per heavy atom. The minimum Gasteiger partial charge on any atom is -0.331 e. The van der Waals surface area contributed by atoms with Crippen molar-refractivity contribution in [3.05, 3.63) is 71.5 Å². The molecule has 0 aliphatic heterocycles. The van der Waals surface area contributed by atoms with Gasteiger partial charge >= 0.3 is 0 Å². The summed E-state index contributed by atoms with van der Waals surface area (Å²) >= 11 is 0. The molecule has 1 amide bonds. The van der Waals surface area contributed by atoms with Gasteiger partial charge in [-0.2, -0.15) is 5.26 Å². The van der Waals surface area contributed by atoms with Crippen LogP contribution in [0, 0.1) is 11.3 Å². The molecule has 5 heteroatoms. The maximum Gasteiger partial charge on any atom is 0.274 e. The molecule has 0 unspecified atom stereocenters. The summed E-state index contributed by atoms with van der Waals surface area (Å²) in [7, 11) is 0. The summed E-state index contributed by atoms with van der Waals surface area (Å²) in [4.78, 5) is 23.5. The lowest BCUT2D eigenvalue weighted by atomic mass is 10.1. The Hall–Kier alpha value is -3.26. The number of carbonyl (C=O) groups is 1. The summed E-state index contributed by atoms with van der Waals surface area (Å²) in [5.41, 5.74) is 3.38. The zero-order chi connectivity index (χ0) is 17.8. The zero-order valence-corrected chi connectivity index (χ0v) is 14.2. The van der Waals surface area contributed by atoms with Crippen LogP contribution in [0.25, 0.3) is 11.0 Å². The van der Waals surface area contributed by atoms with Gasteiger partial charge in [0.25, 0.3) is 5.91 Å². The number of rotatable bonds is 4. The Kier molecular flexibility index (Phi) is 4.71. The first-order valence-electron chi connectivity index (χ1n) is 8.10. The number of nitriles is 1. The standard InChI is InChI=1S/C20H18N4O/c1-14(2)24(13-16-9-7-15(11-21)8-10-16)20(25)19-12-22-17-5-3-4-6-18(17)23-19/h3-10,12,14H,13H2,1-2H3. The molecule has 1 aromatic heterocycles. The molecule has 0 aliphatic carbocycles. The minimum absolute atomic E-state index is 0.0106. The fourth-order valence-electron chi connectivity index (χ4n) is 2.58. The molecule has 5 nitrogen and oxygen atoms in total. The van der Waals surface area contributed by atoms with Gasteiger partial charge in [-0.05, 0) is 43.7 Å². The highest BCUT2D eigenvalue weighted by atomic mass is 16.2. The second kappa shape index (κ2) is 7.10. The van der Waals surface area contributed by atoms with E-state index in [4.69, 9.17) is 5.26 Å². The second-order valence-corrected chi connectivity index (χ2v) is 6.08. The quantitative estimate of drug-likeness (QED) is 0.733. The largest absolute Gasteiger partial charge is 0.331 e. The van der Waals surface area contributed by atoms with E-state index in [1.807, 2.05) is 50.2 Å². The fourth-order valence-corrected chi connectivity index (χ4v) is 2.58. The van der Waals surface area contributed by atoms with Crippen LogP contribution in [0.4, 0.5) is 0 Å². The van der Waals surface area contributed by atoms with Crippen LogP contribution in [0.3, 0.4) is 0 Å². The van der Waals surface area contributed by atoms with Crippen molar-refractivity contribution < 1.29 is 4.79 Å². The van der Waals surface area contributed by atoms with Crippen molar-refractivity contribution in [1.82, 2.24) is 14.9 Å². The third kappa shape index (κ3) is 3.64. The predicted molar refractivity (Wildman–Crippen MR) is 95.7 cm³/mol. The van der Waals surface area contributed by atoms with Crippen LogP contribution in [-0.4, -0.2) is 26.8 Å². The molecule has 0 saturated carbocycles. The summed E-state index contributed by atoms with van der Waals surface area (Å²) in [6.45, 7) is 4.39. The number of benzene rings is 2. The van der Waals surface area contributed by atoms with E-state index in [1.165, 1.54) is 6.20 Å². The topological polar surface area (TPSA) is 69.9 Å². The van der Waals surface area contributed by atoms with Crippen molar-refractivity contribution in [3.8, 4) is 6.07 Å². The Morgan fingerprint density at radius 1 is 1.12 bits per heavy atom. The van der Waals surface area contributed by atoms with E-state index < -0.39 is 0 Å². The SMILES string of the molecule is CC(C)N(Cc1ccc(C#N)cc1)C(=O)c1cnc2ccccc2n1. The van der Waals surface area contributed by atoms with E-state index in [0.29, 0.717) is 23.3 Å². The van der Waals surface area contributed by atoms with Crippen LogP contribution in [0.2, 0.25) is 0 Å². The normalized spacial score (nSPS) is 10.6. The van der Waals surface area contributed by atoms with Gasteiger partial charge < -0.3 is 4.90 Å². The highest BCUT2D eigenvalue weighted by Crippen LogP contribution is 2.15. The smallest absolute Gasteiger partial charge is 0.274 e. The van der Waals surface area contributed by atoms with E-state index in [1.54, 1.807) is 17.0 Å². The van der Waals surface area contributed by atoms with Crippen molar-refractivity contribution in [2.24, 2.45) is 0 Å². The first-order valence-corrected chi connectivity index (χ1v) is 8.10. The Labute approximate surface area is 146 Å². The van der Waals surface area contributed by atoms with Crippen molar-refractivity contribution in [2.45, 2.75) is 26.4 Å². The number of hydrogen-bond donors (Lipinski definition) is 0. The molecule has 0 saturated heterocycles. The van der Waals surface area contributed by atoms with E-state index in [0.717, 1.165) is 11.1 Å².